The van der Waals surface area contributed by atoms with Gasteiger partial charge in [0.2, 0.25) is 0 Å². The molecule has 1 amide bonds. The number of halogens is 2. The Morgan fingerprint density at radius 3 is 2.49 bits per heavy atom. The third kappa shape index (κ3) is 5.92. The maximum Gasteiger partial charge on any atom is 0.280 e. The molecule has 0 radical (unpaired) electrons. The summed E-state index contributed by atoms with van der Waals surface area (Å²) < 4.78 is 61.5. The number of piperidine rings is 1. The van der Waals surface area contributed by atoms with Gasteiger partial charge in [0.05, 0.1) is 11.3 Å². The van der Waals surface area contributed by atoms with Gasteiger partial charge in [-0.3, -0.25) is 9.52 Å². The topological polar surface area (TPSA) is 117 Å². The third-order valence-corrected chi connectivity index (χ3v) is 8.65. The van der Waals surface area contributed by atoms with Crippen LogP contribution in [0, 0.1) is 18.6 Å². The zero-order valence-electron chi connectivity index (χ0n) is 22.5. The monoisotopic (exact) mass is 581 g/mol. The first-order valence-electron chi connectivity index (χ1n) is 13.2. The number of nitrogens with one attached hydrogen (secondary N) is 2. The summed E-state index contributed by atoms with van der Waals surface area (Å²) in [4.78, 5) is 19.8. The molecule has 214 valence electrons. The average molecular weight is 582 g/mol. The summed E-state index contributed by atoms with van der Waals surface area (Å²) in [5.41, 5.74) is 2.40. The molecule has 0 spiro atoms. The van der Waals surface area contributed by atoms with Crippen LogP contribution < -0.4 is 10.0 Å². The van der Waals surface area contributed by atoms with Gasteiger partial charge in [0.1, 0.15) is 17.9 Å². The number of carbonyl (C=O) groups excluding carboxylic acids is 1. The molecule has 2 aromatic carbocycles. The Labute approximate surface area is 236 Å². The van der Waals surface area contributed by atoms with Gasteiger partial charge in [0.25, 0.3) is 15.9 Å². The van der Waals surface area contributed by atoms with Gasteiger partial charge >= 0.3 is 0 Å². The number of nitrogens with zero attached hydrogens (tertiary/aromatic N) is 3. The molecule has 0 bridgehead atoms. The molecule has 9 nitrogen and oxygen atoms in total. The first-order chi connectivity index (χ1) is 19.7. The van der Waals surface area contributed by atoms with Crippen LogP contribution >= 0.6 is 0 Å². The average Bonchev–Trinajstić information content (AvgIpc) is 3.47. The fourth-order valence-corrected chi connectivity index (χ4v) is 6.29. The highest BCUT2D eigenvalue weighted by atomic mass is 32.2. The normalized spacial score (nSPS) is 14.2. The standard InChI is InChI=1S/C29H29F2N5O4S/c1-3-22-27(33-25-6-4-5-24(31)18(25)2)23(17-32-28(22)41(38,39)35-26-13-16-40-34-26)29(37)36-14-11-20(12-15-36)19-7-9-21(30)10-8-19/h4-10,13,16-17,20H,3,11-12,14-15H2,1-2H3,(H,32,33)(H,34,35). The van der Waals surface area contributed by atoms with E-state index in [0.29, 0.717) is 37.2 Å². The Bertz CT molecular complexity index is 1650. The van der Waals surface area contributed by atoms with Crippen LogP contribution in [0.3, 0.4) is 0 Å². The van der Waals surface area contributed by atoms with Crippen LogP contribution in [0.1, 0.15) is 52.7 Å². The lowest BCUT2D eigenvalue weighted by Crippen LogP contribution is -2.38. The molecule has 1 aliphatic heterocycles. The van der Waals surface area contributed by atoms with Crippen LogP contribution in [0.25, 0.3) is 0 Å². The summed E-state index contributed by atoms with van der Waals surface area (Å²) in [6.45, 7) is 4.25. The van der Waals surface area contributed by atoms with Crippen LogP contribution in [0.5, 0.6) is 0 Å². The molecule has 0 unspecified atom stereocenters. The van der Waals surface area contributed by atoms with Crippen LogP contribution in [-0.4, -0.2) is 42.5 Å². The fraction of sp³-hybridized carbons (Fsp3) is 0.276. The number of hydrogen-bond donors (Lipinski definition) is 2. The van der Waals surface area contributed by atoms with Gasteiger partial charge in [-0.15, -0.1) is 0 Å². The van der Waals surface area contributed by atoms with Gasteiger partial charge in [0.15, 0.2) is 10.8 Å². The number of sulfonamides is 1. The van der Waals surface area contributed by atoms with Crippen molar-refractivity contribution in [3.8, 4) is 0 Å². The SMILES string of the molecule is CCc1c(S(=O)(=O)Nc2ccon2)ncc(C(=O)N2CCC(c3ccc(F)cc3)CC2)c1Nc1cccc(F)c1C. The van der Waals surface area contributed by atoms with Gasteiger partial charge in [-0.05, 0) is 61.9 Å². The maximum atomic E-state index is 14.4. The second-order valence-electron chi connectivity index (χ2n) is 9.83. The van der Waals surface area contributed by atoms with Crippen molar-refractivity contribution < 1.29 is 26.5 Å². The van der Waals surface area contributed by atoms with Gasteiger partial charge in [-0.2, -0.15) is 8.42 Å². The number of rotatable bonds is 8. The minimum absolute atomic E-state index is 0.0199. The van der Waals surface area contributed by atoms with Gasteiger partial charge in [0, 0.05) is 42.2 Å². The van der Waals surface area contributed by atoms with Crippen LogP contribution in [0.2, 0.25) is 0 Å². The number of hydrogen-bond acceptors (Lipinski definition) is 7. The lowest BCUT2D eigenvalue weighted by molar-refractivity contribution is 0.0713. The summed E-state index contributed by atoms with van der Waals surface area (Å²) in [5, 5.41) is 6.46. The highest BCUT2D eigenvalue weighted by Crippen LogP contribution is 2.35. The van der Waals surface area contributed by atoms with Crippen molar-refractivity contribution in [2.75, 3.05) is 23.1 Å². The lowest BCUT2D eigenvalue weighted by Gasteiger charge is -2.33. The second-order valence-corrected chi connectivity index (χ2v) is 11.4. The molecule has 12 heteroatoms. The summed E-state index contributed by atoms with van der Waals surface area (Å²) in [6, 6.07) is 12.3. The first kappa shape index (κ1) is 28.2. The van der Waals surface area contributed by atoms with Gasteiger partial charge < -0.3 is 14.7 Å². The number of anilines is 3. The maximum absolute atomic E-state index is 14.4. The van der Waals surface area contributed by atoms with Crippen LogP contribution in [0.4, 0.5) is 26.0 Å². The van der Waals surface area contributed by atoms with E-state index in [4.69, 9.17) is 4.52 Å². The molecule has 41 heavy (non-hydrogen) atoms. The van der Waals surface area contributed by atoms with E-state index in [0.717, 1.165) is 5.56 Å². The van der Waals surface area contributed by atoms with E-state index in [-0.39, 0.29) is 51.7 Å². The van der Waals surface area contributed by atoms with E-state index in [1.165, 1.54) is 42.8 Å². The molecule has 3 heterocycles. The van der Waals surface area contributed by atoms with Crippen molar-refractivity contribution in [1.29, 1.82) is 0 Å². The molecular formula is C29H29F2N5O4S. The number of aromatic nitrogens is 2. The molecule has 2 N–H and O–H groups in total. The summed E-state index contributed by atoms with van der Waals surface area (Å²) in [6.07, 6.45) is 4.04. The molecule has 0 aliphatic carbocycles. The van der Waals surface area contributed by atoms with Crippen molar-refractivity contribution in [1.82, 2.24) is 15.0 Å². The molecule has 4 aromatic rings. The Balaban J connectivity index is 1.50. The largest absolute Gasteiger partial charge is 0.363 e. The second kappa shape index (κ2) is 11.7. The van der Waals surface area contributed by atoms with Gasteiger partial charge in [-0.1, -0.05) is 30.3 Å². The summed E-state index contributed by atoms with van der Waals surface area (Å²) in [7, 11) is -4.22. The summed E-state index contributed by atoms with van der Waals surface area (Å²) in [5.74, 6) is -0.899. The van der Waals surface area contributed by atoms with E-state index >= 15 is 0 Å². The predicted molar refractivity (Wildman–Crippen MR) is 150 cm³/mol. The smallest absolute Gasteiger partial charge is 0.280 e. The number of likely N-dealkylation sites (tertiary alicyclic amines) is 1. The van der Waals surface area contributed by atoms with E-state index in [1.54, 1.807) is 36.9 Å². The lowest BCUT2D eigenvalue weighted by atomic mass is 9.89. The van der Waals surface area contributed by atoms with E-state index < -0.39 is 15.8 Å². The zero-order chi connectivity index (χ0) is 29.1. The molecule has 0 atom stereocenters. The predicted octanol–water partition coefficient (Wildman–Crippen LogP) is 5.78. The molecule has 1 saturated heterocycles. The highest BCUT2D eigenvalue weighted by molar-refractivity contribution is 7.92. The van der Waals surface area contributed by atoms with Crippen molar-refractivity contribution >= 4 is 33.1 Å². The Morgan fingerprint density at radius 2 is 1.83 bits per heavy atom. The molecular weight excluding hydrogens is 552 g/mol. The Morgan fingerprint density at radius 1 is 1.10 bits per heavy atom. The minimum atomic E-state index is -4.22. The fourth-order valence-electron chi connectivity index (χ4n) is 5.05. The highest BCUT2D eigenvalue weighted by Gasteiger charge is 2.31. The van der Waals surface area contributed by atoms with Crippen molar-refractivity contribution in [2.24, 2.45) is 0 Å². The number of pyridine rings is 1. The van der Waals surface area contributed by atoms with Crippen molar-refractivity contribution in [3.63, 3.8) is 0 Å². The van der Waals surface area contributed by atoms with Crippen molar-refractivity contribution in [2.45, 2.75) is 44.1 Å². The zero-order valence-corrected chi connectivity index (χ0v) is 23.3. The van der Waals surface area contributed by atoms with Crippen LogP contribution in [-0.2, 0) is 16.4 Å². The van der Waals surface area contributed by atoms with Gasteiger partial charge in [-0.25, -0.2) is 13.8 Å². The molecule has 2 aromatic heterocycles. The number of amides is 1. The minimum Gasteiger partial charge on any atom is -0.363 e. The van der Waals surface area contributed by atoms with E-state index in [1.807, 2.05) is 0 Å². The number of carbonyl (C=O) groups is 1. The van der Waals surface area contributed by atoms with E-state index in [2.05, 4.69) is 20.2 Å². The third-order valence-electron chi connectivity index (χ3n) is 7.31. The quantitative estimate of drug-likeness (QED) is 0.271. The van der Waals surface area contributed by atoms with E-state index in [9.17, 15) is 22.0 Å². The summed E-state index contributed by atoms with van der Waals surface area (Å²) >= 11 is 0. The number of benzene rings is 2. The first-order valence-corrected chi connectivity index (χ1v) is 14.7. The molecule has 1 aliphatic rings. The molecule has 1 fully saturated rings. The van der Waals surface area contributed by atoms with Crippen molar-refractivity contribution in [3.05, 3.63) is 94.9 Å². The Kier molecular flexibility index (Phi) is 8.02. The Hall–Kier alpha value is -4.32. The molecule has 0 saturated carbocycles. The molecule has 5 rings (SSSR count). The van der Waals surface area contributed by atoms with Crippen LogP contribution in [0.15, 0.2) is 70.5 Å².